The lowest BCUT2D eigenvalue weighted by Crippen LogP contribution is -1.96. The minimum Gasteiger partial charge on any atom is -0.0616 e. The third-order valence-corrected chi connectivity index (χ3v) is 15.4. The molecule has 15 aromatic rings. The monoisotopic (exact) mass is 882 g/mol. The lowest BCUT2D eigenvalue weighted by atomic mass is 9.79. The summed E-state index contributed by atoms with van der Waals surface area (Å²) in [5.74, 6) is 0. The predicted molar refractivity (Wildman–Crippen MR) is 303 cm³/mol. The maximum absolute atomic E-state index is 2.50. The van der Waals surface area contributed by atoms with E-state index < -0.39 is 0 Å². The van der Waals surface area contributed by atoms with Gasteiger partial charge in [0.2, 0.25) is 0 Å². The number of fused-ring (bicyclic) bond motifs is 16. The summed E-state index contributed by atoms with van der Waals surface area (Å²) in [6.07, 6.45) is 0. The van der Waals surface area contributed by atoms with Crippen LogP contribution in [0.25, 0.3) is 152 Å². The van der Waals surface area contributed by atoms with E-state index in [0.29, 0.717) is 0 Å². The molecule has 322 valence electrons. The molecule has 0 unspecified atom stereocenters. The summed E-state index contributed by atoms with van der Waals surface area (Å²) in [4.78, 5) is 0. The van der Waals surface area contributed by atoms with E-state index in [1.165, 1.54) is 152 Å². The Morgan fingerprint density at radius 1 is 0.157 bits per heavy atom. The van der Waals surface area contributed by atoms with E-state index >= 15 is 0 Å². The Hall–Kier alpha value is -9.10. The molecule has 0 radical (unpaired) electrons. The van der Waals surface area contributed by atoms with Crippen molar-refractivity contribution in [1.29, 1.82) is 0 Å². The van der Waals surface area contributed by atoms with Crippen LogP contribution in [0.5, 0.6) is 0 Å². The largest absolute Gasteiger partial charge is 0.0616 e. The second kappa shape index (κ2) is 15.2. The second-order valence-electron chi connectivity index (χ2n) is 19.0. The van der Waals surface area contributed by atoms with Gasteiger partial charge in [0.15, 0.2) is 0 Å². The number of hydrogen-bond donors (Lipinski definition) is 0. The smallest absolute Gasteiger partial charge is 0.00139 e. The van der Waals surface area contributed by atoms with Crippen molar-refractivity contribution < 1.29 is 0 Å². The fraction of sp³-hybridized carbons (Fsp3) is 0. The van der Waals surface area contributed by atoms with Gasteiger partial charge in [0.25, 0.3) is 0 Å². The van der Waals surface area contributed by atoms with Crippen molar-refractivity contribution in [2.45, 2.75) is 0 Å². The van der Waals surface area contributed by atoms with Gasteiger partial charge in [-0.05, 0) is 164 Å². The number of hydrogen-bond acceptors (Lipinski definition) is 0. The maximum Gasteiger partial charge on any atom is -0.00139 e. The minimum atomic E-state index is 1.20. The fourth-order valence-electron chi connectivity index (χ4n) is 12.4. The highest BCUT2D eigenvalue weighted by Gasteiger charge is 2.24. The molecular formula is C70H42. The zero-order valence-corrected chi connectivity index (χ0v) is 38.2. The molecule has 0 N–H and O–H groups in total. The van der Waals surface area contributed by atoms with Crippen LogP contribution in [0.3, 0.4) is 0 Å². The van der Waals surface area contributed by atoms with Gasteiger partial charge in [0.05, 0.1) is 0 Å². The third-order valence-electron chi connectivity index (χ3n) is 15.4. The van der Waals surface area contributed by atoms with E-state index in [-0.39, 0.29) is 0 Å². The van der Waals surface area contributed by atoms with E-state index in [1.807, 2.05) is 0 Å². The quantitative estimate of drug-likeness (QED) is 0.122. The Morgan fingerprint density at radius 2 is 0.414 bits per heavy atom. The van der Waals surface area contributed by atoms with Gasteiger partial charge in [-0.2, -0.15) is 0 Å². The van der Waals surface area contributed by atoms with Crippen LogP contribution in [-0.2, 0) is 0 Å². The zero-order chi connectivity index (χ0) is 45.9. The first-order valence-electron chi connectivity index (χ1n) is 24.4. The summed E-state index contributed by atoms with van der Waals surface area (Å²) < 4.78 is 0. The summed E-state index contributed by atoms with van der Waals surface area (Å²) in [6, 6.07) is 95.7. The molecule has 0 saturated heterocycles. The summed E-state index contributed by atoms with van der Waals surface area (Å²) in [7, 11) is 0. The van der Waals surface area contributed by atoms with E-state index in [9.17, 15) is 0 Å². The molecule has 0 spiro atoms. The van der Waals surface area contributed by atoms with Crippen molar-refractivity contribution in [3.8, 4) is 44.5 Å². The molecule has 0 atom stereocenters. The van der Waals surface area contributed by atoms with Gasteiger partial charge in [0, 0.05) is 0 Å². The highest BCUT2D eigenvalue weighted by Crippen LogP contribution is 2.52. The highest BCUT2D eigenvalue weighted by molar-refractivity contribution is 6.32. The predicted octanol–water partition coefficient (Wildman–Crippen LogP) is 19.9. The van der Waals surface area contributed by atoms with Gasteiger partial charge < -0.3 is 0 Å². The van der Waals surface area contributed by atoms with Crippen molar-refractivity contribution in [3.05, 3.63) is 255 Å². The molecule has 0 bridgehead atoms. The molecule has 0 saturated carbocycles. The van der Waals surface area contributed by atoms with Crippen molar-refractivity contribution in [2.75, 3.05) is 0 Å². The second-order valence-corrected chi connectivity index (χ2v) is 19.0. The molecule has 0 heteroatoms. The average molecular weight is 883 g/mol. The van der Waals surface area contributed by atoms with Crippen molar-refractivity contribution >= 4 is 108 Å². The van der Waals surface area contributed by atoms with Crippen LogP contribution >= 0.6 is 0 Å². The Balaban J connectivity index is 1.16. The zero-order valence-electron chi connectivity index (χ0n) is 38.2. The lowest BCUT2D eigenvalue weighted by molar-refractivity contribution is 1.66. The van der Waals surface area contributed by atoms with E-state index in [0.717, 1.165) is 0 Å². The van der Waals surface area contributed by atoms with Crippen LogP contribution in [0, 0.1) is 0 Å². The van der Waals surface area contributed by atoms with E-state index in [4.69, 9.17) is 0 Å². The molecule has 0 amide bonds. The average Bonchev–Trinajstić information content (AvgIpc) is 3.44. The molecule has 0 aliphatic heterocycles. The van der Waals surface area contributed by atoms with Crippen LogP contribution < -0.4 is 0 Å². The van der Waals surface area contributed by atoms with E-state index in [2.05, 4.69) is 255 Å². The summed E-state index contributed by atoms with van der Waals surface area (Å²) >= 11 is 0. The lowest BCUT2D eigenvalue weighted by Gasteiger charge is -2.24. The molecule has 15 rings (SSSR count). The molecule has 0 fully saturated rings. The van der Waals surface area contributed by atoms with Gasteiger partial charge in [-0.25, -0.2) is 0 Å². The van der Waals surface area contributed by atoms with Gasteiger partial charge in [-0.1, -0.05) is 243 Å². The van der Waals surface area contributed by atoms with Crippen LogP contribution in [0.4, 0.5) is 0 Å². The Kier molecular flexibility index (Phi) is 8.46. The van der Waals surface area contributed by atoms with Crippen LogP contribution in [0.2, 0.25) is 0 Å². The normalized spacial score (nSPS) is 12.0. The van der Waals surface area contributed by atoms with Crippen molar-refractivity contribution in [2.24, 2.45) is 0 Å². The number of rotatable bonds is 4. The summed E-state index contributed by atoms with van der Waals surface area (Å²) in [6.45, 7) is 0. The van der Waals surface area contributed by atoms with Crippen molar-refractivity contribution in [3.63, 3.8) is 0 Å². The molecular weight excluding hydrogens is 841 g/mol. The molecule has 70 heavy (non-hydrogen) atoms. The van der Waals surface area contributed by atoms with Crippen LogP contribution in [0.15, 0.2) is 255 Å². The van der Waals surface area contributed by atoms with Crippen LogP contribution in [-0.4, -0.2) is 0 Å². The Morgan fingerprint density at radius 3 is 0.786 bits per heavy atom. The first-order valence-corrected chi connectivity index (χ1v) is 24.4. The SMILES string of the molecule is c1ccc2c(-c3cccc4c(-c5ccc6c7ccccc7c7ccccc7c6c5)c5c(-c6cccc7ccccc67)cccc5c(-c5ccc6c7ccccc7c7ccccc7c6c5)c34)cccc2c1. The number of benzene rings is 15. The van der Waals surface area contributed by atoms with Gasteiger partial charge >= 0.3 is 0 Å². The molecule has 0 aliphatic carbocycles. The molecule has 0 heterocycles. The Bertz CT molecular complexity index is 4320. The first kappa shape index (κ1) is 38.9. The third kappa shape index (κ3) is 5.65. The van der Waals surface area contributed by atoms with Gasteiger partial charge in [-0.3, -0.25) is 0 Å². The highest BCUT2D eigenvalue weighted by atomic mass is 14.3. The standard InChI is InChI=1S/C70H42/c1-3-21-47-43(17-1)19-13-31-49(47)61-33-15-35-63-68(46-38-40-60-56-28-8-6-24-52(56)54-26-10-12-30-58(54)66(60)42-46)70-62(50-32-14-20-44-18-2-4-22-48(44)50)34-16-36-64(70)67(69(61)63)45-37-39-59-55-27-7-5-23-51(55)53-25-9-11-29-57(53)65(59)41-45/h1-42H. The van der Waals surface area contributed by atoms with Crippen molar-refractivity contribution in [1.82, 2.24) is 0 Å². The molecule has 0 aromatic heterocycles. The Labute approximate surface area is 404 Å². The topological polar surface area (TPSA) is 0 Å². The first-order chi connectivity index (χ1) is 34.8. The maximum atomic E-state index is 2.50. The van der Waals surface area contributed by atoms with Crippen LogP contribution in [0.1, 0.15) is 0 Å². The minimum absolute atomic E-state index is 1.20. The molecule has 0 nitrogen and oxygen atoms in total. The van der Waals surface area contributed by atoms with E-state index in [1.54, 1.807) is 0 Å². The molecule has 0 aliphatic rings. The van der Waals surface area contributed by atoms with Gasteiger partial charge in [-0.15, -0.1) is 0 Å². The molecule has 15 aromatic carbocycles. The van der Waals surface area contributed by atoms with Gasteiger partial charge in [0.1, 0.15) is 0 Å². The summed E-state index contributed by atoms with van der Waals surface area (Å²) in [5.41, 5.74) is 9.81. The summed E-state index contributed by atoms with van der Waals surface area (Å²) in [5, 5.41) is 25.2. The fourth-order valence-corrected chi connectivity index (χ4v) is 12.4.